The second kappa shape index (κ2) is 6.27. The van der Waals surface area contributed by atoms with E-state index in [1.807, 2.05) is 0 Å². The van der Waals surface area contributed by atoms with Crippen molar-refractivity contribution in [3.05, 3.63) is 0 Å². The van der Waals surface area contributed by atoms with Crippen molar-refractivity contribution in [2.45, 2.75) is 0 Å². The molecule has 2 N–H and O–H groups in total. The topological polar surface area (TPSA) is 58.9 Å². The molecule has 0 amide bonds. The highest BCUT2D eigenvalue weighted by Gasteiger charge is 1.80. The van der Waals surface area contributed by atoms with Crippen LogP contribution in [-0.4, -0.2) is 23.2 Å². The molecule has 0 heterocycles. The van der Waals surface area contributed by atoms with E-state index in [-0.39, 0.29) is 13.2 Å². The average molecular weight is 126 g/mol. The Bertz CT molecular complexity index is 28.9. The number of aliphatic hydroxyl groups excluding tert-OH is 1. The third kappa shape index (κ3) is 6.27. The summed E-state index contributed by atoms with van der Waals surface area (Å²) in [6.45, 7) is 0.0119. The molecule has 0 rings (SSSR count). The average Bonchev–Trinajstić information content (AvgIpc) is 1.69. The van der Waals surface area contributed by atoms with Gasteiger partial charge < -0.3 is 10.00 Å². The van der Waals surface area contributed by atoms with Crippen LogP contribution in [0.4, 0.5) is 0 Å². The van der Waals surface area contributed by atoms with Crippen LogP contribution in [0.25, 0.3) is 0 Å². The molecular weight excluding hydrogens is 119 g/mol. The van der Waals surface area contributed by atoms with Crippen LogP contribution in [0.3, 0.4) is 0 Å². The van der Waals surface area contributed by atoms with Crippen LogP contribution in [-0.2, 0) is 9.56 Å². The Morgan fingerprint density at radius 1 is 1.57 bits per heavy atom. The van der Waals surface area contributed by atoms with Gasteiger partial charge in [0.1, 0.15) is 6.61 Å². The lowest BCUT2D eigenvalue weighted by molar-refractivity contribution is -0.207. The van der Waals surface area contributed by atoms with Gasteiger partial charge in [-0.3, -0.25) is 0 Å². The van der Waals surface area contributed by atoms with Gasteiger partial charge in [0, 0.05) is 0 Å². The summed E-state index contributed by atoms with van der Waals surface area (Å²) in [6.07, 6.45) is 0. The molecule has 0 aliphatic carbocycles. The molecular formula is C2H7O4P. The predicted molar refractivity (Wildman–Crippen MR) is 24.7 cm³/mol. The first-order valence-electron chi connectivity index (χ1n) is 1.70. The van der Waals surface area contributed by atoms with Crippen molar-refractivity contribution < 1.29 is 19.6 Å². The molecule has 0 saturated heterocycles. The van der Waals surface area contributed by atoms with Crippen LogP contribution in [0.15, 0.2) is 0 Å². The van der Waals surface area contributed by atoms with Crippen LogP contribution in [0.5, 0.6) is 0 Å². The Morgan fingerprint density at radius 2 is 2.29 bits per heavy atom. The molecule has 0 bridgehead atoms. The first kappa shape index (κ1) is 7.27. The van der Waals surface area contributed by atoms with Crippen LogP contribution in [0.1, 0.15) is 0 Å². The molecule has 4 nitrogen and oxygen atoms in total. The summed E-state index contributed by atoms with van der Waals surface area (Å²) in [6, 6.07) is 0. The van der Waals surface area contributed by atoms with Crippen LogP contribution in [0.2, 0.25) is 0 Å². The molecule has 5 heteroatoms. The fourth-order valence-corrected chi connectivity index (χ4v) is 0.241. The van der Waals surface area contributed by atoms with Crippen molar-refractivity contribution in [2.24, 2.45) is 0 Å². The van der Waals surface area contributed by atoms with Crippen molar-refractivity contribution in [3.8, 4) is 0 Å². The molecule has 0 saturated carbocycles. The van der Waals surface area contributed by atoms with Crippen LogP contribution < -0.4 is 0 Å². The summed E-state index contributed by atoms with van der Waals surface area (Å²) >= 11 is 0. The second-order valence-corrected chi connectivity index (χ2v) is 1.07. The minimum atomic E-state index is -0.666. The van der Waals surface area contributed by atoms with E-state index in [0.717, 1.165) is 0 Å². The maximum absolute atomic E-state index is 8.01. The minimum absolute atomic E-state index is 0.0928. The Labute approximate surface area is 42.9 Å². The molecule has 1 atom stereocenters. The lowest BCUT2D eigenvalue weighted by Gasteiger charge is -1.93. The van der Waals surface area contributed by atoms with Crippen molar-refractivity contribution in [3.63, 3.8) is 0 Å². The van der Waals surface area contributed by atoms with Gasteiger partial charge in [0.25, 0.3) is 0 Å². The summed E-state index contributed by atoms with van der Waals surface area (Å²) in [5.41, 5.74) is 0. The van der Waals surface area contributed by atoms with E-state index in [1.165, 1.54) is 0 Å². The molecule has 0 aromatic carbocycles. The van der Waals surface area contributed by atoms with Crippen molar-refractivity contribution in [1.29, 1.82) is 0 Å². The standard InChI is InChI=1S/C2H7O4P/c3-1-2-5-6-7-4/h3-4,7H,1-2H2. The summed E-state index contributed by atoms with van der Waals surface area (Å²) in [7, 11) is -0.666. The Balaban J connectivity index is 2.45. The Hall–Kier alpha value is 0.270. The maximum Gasteiger partial charge on any atom is 0.191 e. The Morgan fingerprint density at radius 3 is 2.71 bits per heavy atom. The van der Waals surface area contributed by atoms with E-state index in [4.69, 9.17) is 10.00 Å². The summed E-state index contributed by atoms with van der Waals surface area (Å²) in [5.74, 6) is 0. The maximum atomic E-state index is 8.01. The predicted octanol–water partition coefficient (Wildman–Crippen LogP) is -0.572. The molecule has 0 aromatic rings. The lowest BCUT2D eigenvalue weighted by Crippen LogP contribution is -1.94. The van der Waals surface area contributed by atoms with Gasteiger partial charge in [-0.1, -0.05) is 0 Å². The van der Waals surface area contributed by atoms with Gasteiger partial charge in [0.05, 0.1) is 6.61 Å². The number of hydrogen-bond acceptors (Lipinski definition) is 4. The molecule has 7 heavy (non-hydrogen) atoms. The minimum Gasteiger partial charge on any atom is -0.394 e. The zero-order valence-electron chi connectivity index (χ0n) is 3.63. The zero-order valence-corrected chi connectivity index (χ0v) is 4.63. The third-order valence-electron chi connectivity index (χ3n) is 0.271. The normalized spacial score (nSPS) is 11.1. The summed E-state index contributed by atoms with van der Waals surface area (Å²) in [5, 5.41) is 8.01. The second-order valence-electron chi connectivity index (χ2n) is 0.720. The number of rotatable bonds is 4. The van der Waals surface area contributed by atoms with Gasteiger partial charge in [-0.05, 0) is 0 Å². The van der Waals surface area contributed by atoms with Gasteiger partial charge in [-0.25, -0.2) is 4.89 Å². The van der Waals surface area contributed by atoms with Gasteiger partial charge in [-0.2, -0.15) is 4.67 Å². The number of hydrogen-bond donors (Lipinski definition) is 2. The molecule has 1 unspecified atom stereocenters. The van der Waals surface area contributed by atoms with Gasteiger partial charge in [0.2, 0.25) is 0 Å². The van der Waals surface area contributed by atoms with Crippen molar-refractivity contribution in [2.75, 3.05) is 13.2 Å². The highest BCUT2D eigenvalue weighted by Crippen LogP contribution is 2.01. The molecule has 44 valence electrons. The molecule has 0 fully saturated rings. The van der Waals surface area contributed by atoms with Gasteiger partial charge in [0.15, 0.2) is 9.03 Å². The largest absolute Gasteiger partial charge is 0.394 e. The fourth-order valence-electron chi connectivity index (χ4n) is 0.105. The van der Waals surface area contributed by atoms with Gasteiger partial charge >= 0.3 is 0 Å². The van der Waals surface area contributed by atoms with E-state index < -0.39 is 9.03 Å². The van der Waals surface area contributed by atoms with E-state index >= 15 is 0 Å². The molecule has 0 aliphatic rings. The van der Waals surface area contributed by atoms with Crippen LogP contribution >= 0.6 is 9.03 Å². The zero-order chi connectivity index (χ0) is 5.54. The van der Waals surface area contributed by atoms with E-state index in [2.05, 4.69) is 9.56 Å². The van der Waals surface area contributed by atoms with Crippen molar-refractivity contribution in [1.82, 2.24) is 0 Å². The monoisotopic (exact) mass is 126 g/mol. The highest BCUT2D eigenvalue weighted by atomic mass is 31.1. The SMILES string of the molecule is OCCOOPO. The molecule has 0 aromatic heterocycles. The van der Waals surface area contributed by atoms with E-state index in [1.54, 1.807) is 0 Å². The first-order valence-corrected chi connectivity index (χ1v) is 2.55. The quantitative estimate of drug-likeness (QED) is 0.229. The Kier molecular flexibility index (Phi) is 6.51. The van der Waals surface area contributed by atoms with E-state index in [0.29, 0.717) is 0 Å². The first-order chi connectivity index (χ1) is 3.41. The smallest absolute Gasteiger partial charge is 0.191 e. The molecule has 0 aliphatic heterocycles. The third-order valence-corrected chi connectivity index (χ3v) is 0.463. The summed E-state index contributed by atoms with van der Waals surface area (Å²) in [4.78, 5) is 12.0. The van der Waals surface area contributed by atoms with E-state index in [9.17, 15) is 0 Å². The highest BCUT2D eigenvalue weighted by molar-refractivity contribution is 7.24. The van der Waals surface area contributed by atoms with Crippen molar-refractivity contribution >= 4 is 9.03 Å². The molecule has 0 spiro atoms. The fraction of sp³-hybridized carbons (Fsp3) is 1.00. The van der Waals surface area contributed by atoms with Gasteiger partial charge in [-0.15, -0.1) is 0 Å². The number of aliphatic hydroxyl groups is 1. The molecule has 0 radical (unpaired) electrons. The van der Waals surface area contributed by atoms with Crippen LogP contribution in [0, 0.1) is 0 Å². The lowest BCUT2D eigenvalue weighted by atomic mass is 10.8. The summed E-state index contributed by atoms with van der Waals surface area (Å²) < 4.78 is 4.00.